The second-order valence-corrected chi connectivity index (χ2v) is 8.16. The Morgan fingerprint density at radius 2 is 2.14 bits per heavy atom. The fourth-order valence-corrected chi connectivity index (χ4v) is 4.26. The third kappa shape index (κ3) is 3.41. The maximum Gasteiger partial charge on any atom is 0.247 e. The smallest absolute Gasteiger partial charge is 0.247 e. The first-order chi connectivity index (χ1) is 13.5. The number of rotatable bonds is 5. The van der Waals surface area contributed by atoms with Gasteiger partial charge in [-0.05, 0) is 55.2 Å². The number of pyridine rings is 1. The van der Waals surface area contributed by atoms with Gasteiger partial charge < -0.3 is 15.0 Å². The summed E-state index contributed by atoms with van der Waals surface area (Å²) in [5.74, 6) is -2.34. The highest BCUT2D eigenvalue weighted by molar-refractivity contribution is 7.98. The molecule has 4 rings (SSSR count). The number of benzene rings is 1. The molecule has 1 aromatic carbocycles. The van der Waals surface area contributed by atoms with E-state index in [1.165, 1.54) is 24.9 Å². The predicted octanol–water partition coefficient (Wildman–Crippen LogP) is 4.09. The van der Waals surface area contributed by atoms with Gasteiger partial charge in [0.15, 0.2) is 11.6 Å². The van der Waals surface area contributed by atoms with Gasteiger partial charge in [0.25, 0.3) is 0 Å². The van der Waals surface area contributed by atoms with Crippen LogP contribution in [-0.4, -0.2) is 36.8 Å². The van der Waals surface area contributed by atoms with Crippen molar-refractivity contribution in [3.8, 4) is 5.75 Å². The molecule has 1 saturated carbocycles. The summed E-state index contributed by atoms with van der Waals surface area (Å²) in [7, 11) is 1.31. The van der Waals surface area contributed by atoms with Crippen molar-refractivity contribution >= 4 is 29.0 Å². The lowest BCUT2D eigenvalue weighted by molar-refractivity contribution is -0.117. The van der Waals surface area contributed by atoms with Crippen LogP contribution in [0.1, 0.15) is 19.3 Å². The molecule has 2 aliphatic rings. The molecule has 1 aliphatic heterocycles. The average molecular weight is 405 g/mol. The van der Waals surface area contributed by atoms with Gasteiger partial charge in [0.05, 0.1) is 17.8 Å². The Morgan fingerprint density at radius 1 is 1.36 bits per heavy atom. The Bertz CT molecular complexity index is 920. The lowest BCUT2D eigenvalue weighted by Crippen LogP contribution is -2.40. The van der Waals surface area contributed by atoms with Gasteiger partial charge >= 0.3 is 0 Å². The minimum Gasteiger partial charge on any atom is -0.491 e. The van der Waals surface area contributed by atoms with Crippen molar-refractivity contribution < 1.29 is 18.3 Å². The van der Waals surface area contributed by atoms with Crippen LogP contribution in [0.15, 0.2) is 35.5 Å². The summed E-state index contributed by atoms with van der Waals surface area (Å²) in [6.45, 7) is 0.624. The second kappa shape index (κ2) is 7.24. The van der Waals surface area contributed by atoms with E-state index in [9.17, 15) is 13.6 Å². The van der Waals surface area contributed by atoms with Gasteiger partial charge in [-0.25, -0.2) is 9.37 Å². The van der Waals surface area contributed by atoms with Crippen LogP contribution in [0, 0.1) is 17.0 Å². The van der Waals surface area contributed by atoms with E-state index in [2.05, 4.69) is 10.3 Å². The lowest BCUT2D eigenvalue weighted by Gasteiger charge is -2.27. The highest BCUT2D eigenvalue weighted by Gasteiger charge is 2.54. The van der Waals surface area contributed by atoms with E-state index in [-0.39, 0.29) is 17.1 Å². The molecule has 0 radical (unpaired) electrons. The molecule has 0 bridgehead atoms. The molecule has 1 spiro atoms. The first-order valence-electron chi connectivity index (χ1n) is 9.06. The third-order valence-electron chi connectivity index (χ3n) is 5.52. The van der Waals surface area contributed by atoms with Gasteiger partial charge in [0, 0.05) is 18.4 Å². The average Bonchev–Trinajstić information content (AvgIpc) is 3.34. The number of halogens is 2. The van der Waals surface area contributed by atoms with Crippen LogP contribution in [0.4, 0.5) is 20.2 Å². The number of nitrogens with zero attached hydrogens (tertiary/aromatic N) is 2. The quantitative estimate of drug-likeness (QED) is 0.760. The molecule has 1 aromatic heterocycles. The Kier molecular flexibility index (Phi) is 4.91. The molecular formula is C20H21F2N3O2S. The van der Waals surface area contributed by atoms with E-state index in [1.54, 1.807) is 12.3 Å². The molecule has 2 heterocycles. The standard InChI is InChI=1S/C20H21F2N3O2S/c1-27-18-14(4-3-13(21)17(18)22)25-11-20(6-7-20)10-15(25)19(26)24-12-5-8-23-16(9-12)28-2/h3-5,8-9,15H,6-7,10-11H2,1-2H3,(H,23,24,26). The van der Waals surface area contributed by atoms with Crippen molar-refractivity contribution in [2.24, 2.45) is 5.41 Å². The predicted molar refractivity (Wildman–Crippen MR) is 105 cm³/mol. The topological polar surface area (TPSA) is 54.5 Å². The molecule has 2 aromatic rings. The number of carbonyl (C=O) groups is 1. The van der Waals surface area contributed by atoms with E-state index < -0.39 is 17.7 Å². The number of hydrogen-bond acceptors (Lipinski definition) is 5. The summed E-state index contributed by atoms with van der Waals surface area (Å²) < 4.78 is 33.0. The number of amides is 1. The number of hydrogen-bond donors (Lipinski definition) is 1. The van der Waals surface area contributed by atoms with Gasteiger partial charge in [-0.3, -0.25) is 4.79 Å². The minimum atomic E-state index is -1.03. The van der Waals surface area contributed by atoms with Crippen molar-refractivity contribution in [1.82, 2.24) is 4.98 Å². The van der Waals surface area contributed by atoms with Crippen molar-refractivity contribution in [2.75, 3.05) is 30.1 Å². The number of ether oxygens (including phenoxy) is 1. The lowest BCUT2D eigenvalue weighted by atomic mass is 10.0. The van der Waals surface area contributed by atoms with Crippen LogP contribution in [-0.2, 0) is 4.79 Å². The van der Waals surface area contributed by atoms with E-state index >= 15 is 0 Å². The van der Waals surface area contributed by atoms with Crippen molar-refractivity contribution in [2.45, 2.75) is 30.3 Å². The zero-order valence-electron chi connectivity index (χ0n) is 15.7. The molecule has 1 aliphatic carbocycles. The molecular weight excluding hydrogens is 384 g/mol. The van der Waals surface area contributed by atoms with Crippen LogP contribution < -0.4 is 15.0 Å². The Labute approximate surface area is 166 Å². The molecule has 1 amide bonds. The number of anilines is 2. The van der Waals surface area contributed by atoms with Crippen molar-refractivity contribution in [1.29, 1.82) is 0 Å². The summed E-state index contributed by atoms with van der Waals surface area (Å²) in [6.07, 6.45) is 6.31. The third-order valence-corrected chi connectivity index (χ3v) is 6.16. The van der Waals surface area contributed by atoms with Crippen LogP contribution in [0.2, 0.25) is 0 Å². The summed E-state index contributed by atoms with van der Waals surface area (Å²) in [6, 6.07) is 5.63. The molecule has 1 unspecified atom stereocenters. The Hall–Kier alpha value is -2.35. The minimum absolute atomic E-state index is 0.0700. The number of carbonyl (C=O) groups excluding carboxylic acids is 1. The highest BCUT2D eigenvalue weighted by atomic mass is 32.2. The number of methoxy groups -OCH3 is 1. The van der Waals surface area contributed by atoms with Gasteiger partial charge in [-0.2, -0.15) is 4.39 Å². The maximum absolute atomic E-state index is 14.2. The molecule has 2 fully saturated rings. The largest absolute Gasteiger partial charge is 0.491 e. The first kappa shape index (κ1) is 19.0. The summed E-state index contributed by atoms with van der Waals surface area (Å²) >= 11 is 1.49. The van der Waals surface area contributed by atoms with Crippen LogP contribution in [0.3, 0.4) is 0 Å². The first-order valence-corrected chi connectivity index (χ1v) is 10.3. The van der Waals surface area contributed by atoms with E-state index in [0.717, 1.165) is 23.9 Å². The molecule has 1 N–H and O–H groups in total. The van der Waals surface area contributed by atoms with E-state index in [0.29, 0.717) is 24.3 Å². The molecule has 28 heavy (non-hydrogen) atoms. The Morgan fingerprint density at radius 3 is 2.82 bits per heavy atom. The van der Waals surface area contributed by atoms with Gasteiger partial charge in [-0.1, -0.05) is 0 Å². The van der Waals surface area contributed by atoms with E-state index in [1.807, 2.05) is 17.2 Å². The Balaban J connectivity index is 1.64. The van der Waals surface area contributed by atoms with Crippen molar-refractivity contribution in [3.63, 3.8) is 0 Å². The molecule has 1 atom stereocenters. The number of aromatic nitrogens is 1. The monoisotopic (exact) mass is 405 g/mol. The van der Waals surface area contributed by atoms with Crippen LogP contribution >= 0.6 is 11.8 Å². The fourth-order valence-electron chi connectivity index (χ4n) is 3.85. The van der Waals surface area contributed by atoms with E-state index in [4.69, 9.17) is 4.74 Å². The normalized spacial score (nSPS) is 19.7. The number of thioether (sulfide) groups is 1. The van der Waals surface area contributed by atoms with Crippen LogP contribution in [0.25, 0.3) is 0 Å². The number of nitrogens with one attached hydrogen (secondary N) is 1. The summed E-state index contributed by atoms with van der Waals surface area (Å²) in [5.41, 5.74) is 1.14. The van der Waals surface area contributed by atoms with Gasteiger partial charge in [0.2, 0.25) is 11.7 Å². The van der Waals surface area contributed by atoms with Gasteiger partial charge in [-0.15, -0.1) is 11.8 Å². The summed E-state index contributed by atoms with van der Waals surface area (Å²) in [4.78, 5) is 19.1. The molecule has 8 heteroatoms. The second-order valence-electron chi connectivity index (χ2n) is 7.34. The molecule has 5 nitrogen and oxygen atoms in total. The highest BCUT2D eigenvalue weighted by Crippen LogP contribution is 2.56. The zero-order chi connectivity index (χ0) is 19.9. The fraction of sp³-hybridized carbons (Fsp3) is 0.400. The SMILES string of the molecule is COc1c(N2CC3(CC3)CC2C(=O)Nc2ccnc(SC)c2)ccc(F)c1F. The zero-order valence-corrected chi connectivity index (χ0v) is 16.5. The maximum atomic E-state index is 14.2. The van der Waals surface area contributed by atoms with Gasteiger partial charge in [0.1, 0.15) is 6.04 Å². The van der Waals surface area contributed by atoms with Crippen LogP contribution in [0.5, 0.6) is 5.75 Å². The van der Waals surface area contributed by atoms with Crippen molar-refractivity contribution in [3.05, 3.63) is 42.1 Å². The molecule has 1 saturated heterocycles. The molecule has 148 valence electrons. The summed E-state index contributed by atoms with van der Waals surface area (Å²) in [5, 5.41) is 3.75.